The van der Waals surface area contributed by atoms with Gasteiger partial charge in [-0.15, -0.1) is 0 Å². The first-order valence-corrected chi connectivity index (χ1v) is 6.84. The van der Waals surface area contributed by atoms with Gasteiger partial charge in [0.25, 0.3) is 5.69 Å². The molecule has 0 spiro atoms. The molecule has 0 fully saturated rings. The number of hydrogen-bond donors (Lipinski definition) is 1. The lowest BCUT2D eigenvalue weighted by Crippen LogP contribution is -1.95. The van der Waals surface area contributed by atoms with Gasteiger partial charge >= 0.3 is 0 Å². The highest BCUT2D eigenvalue weighted by molar-refractivity contribution is 5.85. The molecule has 0 aliphatic heterocycles. The average molecular weight is 300 g/mol. The molecule has 22 heavy (non-hydrogen) atoms. The van der Waals surface area contributed by atoms with Gasteiger partial charge in [0.05, 0.1) is 17.2 Å². The molecule has 0 aromatic heterocycles. The van der Waals surface area contributed by atoms with E-state index in [0.29, 0.717) is 23.6 Å². The minimum atomic E-state index is -0.464. The summed E-state index contributed by atoms with van der Waals surface area (Å²) in [4.78, 5) is 14.3. The summed E-state index contributed by atoms with van der Waals surface area (Å²) in [7, 11) is 0. The van der Waals surface area contributed by atoms with Crippen LogP contribution in [0.4, 0.5) is 11.4 Å². The number of phenolic OH excluding ortho intramolecular Hbond substituents is 1. The third kappa shape index (κ3) is 4.05. The SMILES string of the molecule is CCCOc1ccc(C=Nc2ccc([N+](=O)[O-])cc2)c(O)c1. The van der Waals surface area contributed by atoms with E-state index in [-0.39, 0.29) is 11.4 Å². The van der Waals surface area contributed by atoms with E-state index < -0.39 is 4.92 Å². The Morgan fingerprint density at radius 3 is 2.59 bits per heavy atom. The zero-order valence-corrected chi connectivity index (χ0v) is 12.1. The van der Waals surface area contributed by atoms with Crippen LogP contribution in [0, 0.1) is 10.1 Å². The molecule has 0 amide bonds. The fraction of sp³-hybridized carbons (Fsp3) is 0.188. The van der Waals surface area contributed by atoms with Crippen molar-refractivity contribution >= 4 is 17.6 Å². The highest BCUT2D eigenvalue weighted by Crippen LogP contribution is 2.24. The van der Waals surface area contributed by atoms with Crippen LogP contribution in [-0.4, -0.2) is 22.9 Å². The fourth-order valence-corrected chi connectivity index (χ4v) is 1.75. The first kappa shape index (κ1) is 15.5. The molecule has 1 N–H and O–H groups in total. The monoisotopic (exact) mass is 300 g/mol. The van der Waals surface area contributed by atoms with Gasteiger partial charge in [-0.25, -0.2) is 0 Å². The quantitative estimate of drug-likeness (QED) is 0.499. The molecule has 0 aliphatic carbocycles. The summed E-state index contributed by atoms with van der Waals surface area (Å²) in [6, 6.07) is 10.9. The maximum Gasteiger partial charge on any atom is 0.269 e. The van der Waals surface area contributed by atoms with Crippen LogP contribution in [-0.2, 0) is 0 Å². The van der Waals surface area contributed by atoms with Gasteiger partial charge in [-0.1, -0.05) is 6.92 Å². The minimum Gasteiger partial charge on any atom is -0.507 e. The number of hydrogen-bond acceptors (Lipinski definition) is 5. The summed E-state index contributed by atoms with van der Waals surface area (Å²) in [6.45, 7) is 2.60. The molecule has 0 unspecified atom stereocenters. The molecule has 0 bridgehead atoms. The van der Waals surface area contributed by atoms with E-state index in [1.165, 1.54) is 24.4 Å². The van der Waals surface area contributed by atoms with Crippen molar-refractivity contribution in [2.45, 2.75) is 13.3 Å². The van der Waals surface area contributed by atoms with E-state index in [1.54, 1.807) is 24.3 Å². The average Bonchev–Trinajstić information content (AvgIpc) is 2.52. The number of aliphatic imine (C=N–C) groups is 1. The van der Waals surface area contributed by atoms with Crippen LogP contribution in [0.3, 0.4) is 0 Å². The normalized spacial score (nSPS) is 10.8. The second-order valence-corrected chi connectivity index (χ2v) is 4.60. The summed E-state index contributed by atoms with van der Waals surface area (Å²) in [5, 5.41) is 20.5. The van der Waals surface area contributed by atoms with Crippen molar-refractivity contribution in [3.8, 4) is 11.5 Å². The van der Waals surface area contributed by atoms with Crippen molar-refractivity contribution < 1.29 is 14.8 Å². The molecule has 2 aromatic carbocycles. The lowest BCUT2D eigenvalue weighted by atomic mass is 10.2. The molecule has 0 aliphatic rings. The summed E-state index contributed by atoms with van der Waals surface area (Å²) < 4.78 is 5.42. The Morgan fingerprint density at radius 1 is 1.27 bits per heavy atom. The van der Waals surface area contributed by atoms with Crippen molar-refractivity contribution in [1.82, 2.24) is 0 Å². The molecule has 0 atom stereocenters. The third-order valence-corrected chi connectivity index (χ3v) is 2.89. The Hall–Kier alpha value is -2.89. The Bertz CT molecular complexity index is 681. The van der Waals surface area contributed by atoms with Crippen LogP contribution < -0.4 is 4.74 Å². The molecule has 114 valence electrons. The Labute approximate surface area is 127 Å². The van der Waals surface area contributed by atoms with Crippen molar-refractivity contribution in [1.29, 1.82) is 0 Å². The first-order chi connectivity index (χ1) is 10.6. The number of aromatic hydroxyl groups is 1. The summed E-state index contributed by atoms with van der Waals surface area (Å²) in [5.41, 5.74) is 1.12. The molecule has 6 nitrogen and oxygen atoms in total. The van der Waals surface area contributed by atoms with Gasteiger partial charge in [-0.3, -0.25) is 15.1 Å². The van der Waals surface area contributed by atoms with Crippen LogP contribution >= 0.6 is 0 Å². The van der Waals surface area contributed by atoms with Crippen LogP contribution in [0.25, 0.3) is 0 Å². The largest absolute Gasteiger partial charge is 0.507 e. The summed E-state index contributed by atoms with van der Waals surface area (Å²) >= 11 is 0. The maximum absolute atomic E-state index is 10.6. The molecule has 2 rings (SSSR count). The number of ether oxygens (including phenoxy) is 1. The van der Waals surface area contributed by atoms with E-state index in [4.69, 9.17) is 4.74 Å². The van der Waals surface area contributed by atoms with E-state index >= 15 is 0 Å². The molecule has 0 radical (unpaired) electrons. The van der Waals surface area contributed by atoms with Gasteiger partial charge in [-0.05, 0) is 30.7 Å². The van der Waals surface area contributed by atoms with Crippen molar-refractivity contribution in [2.75, 3.05) is 6.61 Å². The topological polar surface area (TPSA) is 85.0 Å². The smallest absolute Gasteiger partial charge is 0.269 e. The van der Waals surface area contributed by atoms with Crippen LogP contribution in [0.5, 0.6) is 11.5 Å². The number of nitro benzene ring substituents is 1. The number of benzene rings is 2. The van der Waals surface area contributed by atoms with Gasteiger partial charge in [0.15, 0.2) is 0 Å². The van der Waals surface area contributed by atoms with Crippen molar-refractivity contribution in [2.24, 2.45) is 4.99 Å². The van der Waals surface area contributed by atoms with Crippen molar-refractivity contribution in [3.63, 3.8) is 0 Å². The number of non-ortho nitro benzene ring substituents is 1. The minimum absolute atomic E-state index is 0.0132. The van der Waals surface area contributed by atoms with Crippen LogP contribution in [0.1, 0.15) is 18.9 Å². The molecule has 0 heterocycles. The van der Waals surface area contributed by atoms with Gasteiger partial charge in [-0.2, -0.15) is 0 Å². The van der Waals surface area contributed by atoms with Gasteiger partial charge < -0.3 is 9.84 Å². The molecular weight excluding hydrogens is 284 g/mol. The molecule has 6 heteroatoms. The highest BCUT2D eigenvalue weighted by atomic mass is 16.6. The Balaban J connectivity index is 2.10. The van der Waals surface area contributed by atoms with Gasteiger partial charge in [0.1, 0.15) is 11.5 Å². The standard InChI is InChI=1S/C16H16N2O4/c1-2-9-22-15-8-3-12(16(19)10-15)11-17-13-4-6-14(7-5-13)18(20)21/h3-8,10-11,19H,2,9H2,1H3. The van der Waals surface area contributed by atoms with Crippen molar-refractivity contribution in [3.05, 3.63) is 58.1 Å². The second kappa shape index (κ2) is 7.21. The summed E-state index contributed by atoms with van der Waals surface area (Å²) in [5.74, 6) is 0.672. The third-order valence-electron chi connectivity index (χ3n) is 2.89. The zero-order chi connectivity index (χ0) is 15.9. The predicted molar refractivity (Wildman–Crippen MR) is 84.2 cm³/mol. The van der Waals surface area contributed by atoms with Gasteiger partial charge in [0, 0.05) is 30.0 Å². The lowest BCUT2D eigenvalue weighted by molar-refractivity contribution is -0.384. The molecule has 0 saturated heterocycles. The van der Waals surface area contributed by atoms with Crippen LogP contribution in [0.2, 0.25) is 0 Å². The summed E-state index contributed by atoms with van der Waals surface area (Å²) in [6.07, 6.45) is 2.39. The lowest BCUT2D eigenvalue weighted by Gasteiger charge is -2.06. The fourth-order valence-electron chi connectivity index (χ4n) is 1.75. The Kier molecular flexibility index (Phi) is 5.08. The number of nitrogens with zero attached hydrogens (tertiary/aromatic N) is 2. The van der Waals surface area contributed by atoms with E-state index in [2.05, 4.69) is 4.99 Å². The first-order valence-electron chi connectivity index (χ1n) is 6.84. The molecular formula is C16H16N2O4. The Morgan fingerprint density at radius 2 is 2.00 bits per heavy atom. The molecule has 2 aromatic rings. The molecule has 0 saturated carbocycles. The number of nitro groups is 1. The van der Waals surface area contributed by atoms with E-state index in [0.717, 1.165) is 6.42 Å². The number of phenols is 1. The zero-order valence-electron chi connectivity index (χ0n) is 12.1. The van der Waals surface area contributed by atoms with E-state index in [9.17, 15) is 15.2 Å². The second-order valence-electron chi connectivity index (χ2n) is 4.60. The van der Waals surface area contributed by atoms with Gasteiger partial charge in [0.2, 0.25) is 0 Å². The predicted octanol–water partition coefficient (Wildman–Crippen LogP) is 3.84. The van der Waals surface area contributed by atoms with E-state index in [1.807, 2.05) is 6.92 Å². The maximum atomic E-state index is 10.6. The van der Waals surface area contributed by atoms with Crippen LogP contribution in [0.15, 0.2) is 47.5 Å². The number of rotatable bonds is 6. The highest BCUT2D eigenvalue weighted by Gasteiger charge is 2.04.